The third-order valence-electron chi connectivity index (χ3n) is 4.96. The highest BCUT2D eigenvalue weighted by molar-refractivity contribution is 7.98. The molecular formula is C22H27N3OS2. The molecule has 28 heavy (non-hydrogen) atoms. The monoisotopic (exact) mass is 413 g/mol. The fourth-order valence-electron chi connectivity index (χ4n) is 3.22. The first-order valence-electron chi connectivity index (χ1n) is 9.62. The number of thioether (sulfide) groups is 1. The van der Waals surface area contributed by atoms with Gasteiger partial charge in [-0.1, -0.05) is 49.4 Å². The highest BCUT2D eigenvalue weighted by atomic mass is 32.2. The topological polar surface area (TPSA) is 36.4 Å². The van der Waals surface area contributed by atoms with Crippen LogP contribution in [0.4, 0.5) is 5.13 Å². The summed E-state index contributed by atoms with van der Waals surface area (Å²) >= 11 is 3.19. The second-order valence-electron chi connectivity index (χ2n) is 6.60. The number of hydrogen-bond acceptors (Lipinski definition) is 5. The van der Waals surface area contributed by atoms with Gasteiger partial charge in [-0.05, 0) is 50.0 Å². The Labute approximate surface area is 175 Å². The number of aromatic nitrogens is 1. The molecule has 1 amide bonds. The van der Waals surface area contributed by atoms with Crippen LogP contribution in [0.3, 0.4) is 0 Å². The Kier molecular flexibility index (Phi) is 7.10. The van der Waals surface area contributed by atoms with Crippen LogP contribution in [0.1, 0.15) is 29.8 Å². The third kappa shape index (κ3) is 4.40. The van der Waals surface area contributed by atoms with Crippen LogP contribution < -0.4 is 4.90 Å². The number of fused-ring (bicyclic) bond motifs is 1. The number of carbonyl (C=O) groups is 1. The lowest BCUT2D eigenvalue weighted by Gasteiger charge is -2.25. The van der Waals surface area contributed by atoms with Crippen LogP contribution in [0.25, 0.3) is 10.2 Å². The van der Waals surface area contributed by atoms with Crippen molar-refractivity contribution in [1.29, 1.82) is 0 Å². The summed E-state index contributed by atoms with van der Waals surface area (Å²) in [7, 11) is 0. The van der Waals surface area contributed by atoms with E-state index in [9.17, 15) is 4.79 Å². The SMILES string of the molecule is CCN(CC)CCN(C(=O)c1ccccc1SC)c1nc2c(C)cccc2s1. The summed E-state index contributed by atoms with van der Waals surface area (Å²) in [6, 6.07) is 14.0. The van der Waals surface area contributed by atoms with Gasteiger partial charge in [0.25, 0.3) is 5.91 Å². The van der Waals surface area contributed by atoms with E-state index in [0.29, 0.717) is 6.54 Å². The Hall–Kier alpha value is -1.89. The quantitative estimate of drug-likeness (QED) is 0.469. The van der Waals surface area contributed by atoms with E-state index in [0.717, 1.165) is 51.0 Å². The first-order valence-corrected chi connectivity index (χ1v) is 11.7. The summed E-state index contributed by atoms with van der Waals surface area (Å²) in [5, 5.41) is 0.775. The first kappa shape index (κ1) is 20.8. The lowest BCUT2D eigenvalue weighted by Crippen LogP contribution is -2.39. The van der Waals surface area contributed by atoms with Crippen LogP contribution in [0.5, 0.6) is 0 Å². The molecule has 0 spiro atoms. The number of aryl methyl sites for hydroxylation is 1. The van der Waals surface area contributed by atoms with Crippen LogP contribution >= 0.6 is 23.1 Å². The molecule has 0 saturated carbocycles. The van der Waals surface area contributed by atoms with Gasteiger partial charge in [0.05, 0.1) is 15.8 Å². The zero-order valence-electron chi connectivity index (χ0n) is 16.9. The molecule has 0 N–H and O–H groups in total. The fraction of sp³-hybridized carbons (Fsp3) is 0.364. The van der Waals surface area contributed by atoms with Gasteiger partial charge in [0, 0.05) is 18.0 Å². The Bertz CT molecular complexity index is 950. The molecule has 0 saturated heterocycles. The average molecular weight is 414 g/mol. The van der Waals surface area contributed by atoms with Crippen LogP contribution in [0.15, 0.2) is 47.4 Å². The normalized spacial score (nSPS) is 11.3. The maximum Gasteiger partial charge on any atom is 0.261 e. The van der Waals surface area contributed by atoms with Gasteiger partial charge in [0.15, 0.2) is 5.13 Å². The molecule has 0 aliphatic heterocycles. The second kappa shape index (κ2) is 9.54. The van der Waals surface area contributed by atoms with Gasteiger partial charge in [-0.3, -0.25) is 9.69 Å². The number of thiazole rings is 1. The van der Waals surface area contributed by atoms with Gasteiger partial charge < -0.3 is 4.90 Å². The van der Waals surface area contributed by atoms with E-state index >= 15 is 0 Å². The van der Waals surface area contributed by atoms with Gasteiger partial charge in [-0.15, -0.1) is 11.8 Å². The van der Waals surface area contributed by atoms with Crippen molar-refractivity contribution in [2.45, 2.75) is 25.7 Å². The smallest absolute Gasteiger partial charge is 0.261 e. The van der Waals surface area contributed by atoms with Gasteiger partial charge in [-0.25, -0.2) is 4.98 Å². The largest absolute Gasteiger partial charge is 0.302 e. The average Bonchev–Trinajstić information content (AvgIpc) is 3.16. The number of amides is 1. The fourth-order valence-corrected chi connectivity index (χ4v) is 4.88. The van der Waals surface area contributed by atoms with E-state index < -0.39 is 0 Å². The molecule has 0 bridgehead atoms. The number of para-hydroxylation sites is 1. The molecular weight excluding hydrogens is 386 g/mol. The van der Waals surface area contributed by atoms with E-state index in [2.05, 4.69) is 37.8 Å². The summed E-state index contributed by atoms with van der Waals surface area (Å²) in [5.41, 5.74) is 2.87. The Morgan fingerprint density at radius 2 is 1.82 bits per heavy atom. The van der Waals surface area contributed by atoms with Gasteiger partial charge in [-0.2, -0.15) is 0 Å². The molecule has 6 heteroatoms. The van der Waals surface area contributed by atoms with Crippen LogP contribution in [0.2, 0.25) is 0 Å². The van der Waals surface area contributed by atoms with Crippen molar-refractivity contribution >= 4 is 44.4 Å². The maximum atomic E-state index is 13.5. The number of benzene rings is 2. The van der Waals surface area contributed by atoms with E-state index in [1.807, 2.05) is 41.5 Å². The zero-order valence-corrected chi connectivity index (χ0v) is 18.6. The molecule has 148 valence electrons. The number of rotatable bonds is 8. The Morgan fingerprint density at radius 1 is 1.07 bits per heavy atom. The van der Waals surface area contributed by atoms with Crippen LogP contribution in [0, 0.1) is 6.92 Å². The van der Waals surface area contributed by atoms with Crippen molar-refractivity contribution < 1.29 is 4.79 Å². The molecule has 2 aromatic carbocycles. The molecule has 0 unspecified atom stereocenters. The van der Waals surface area contributed by atoms with E-state index in [1.54, 1.807) is 23.1 Å². The molecule has 0 atom stereocenters. The minimum atomic E-state index is 0.0221. The molecule has 0 aliphatic rings. The molecule has 3 aromatic rings. The third-order valence-corrected chi connectivity index (χ3v) is 6.80. The first-order chi connectivity index (χ1) is 13.6. The number of anilines is 1. The van der Waals surface area contributed by atoms with Crippen molar-refractivity contribution in [3.05, 3.63) is 53.6 Å². The summed E-state index contributed by atoms with van der Waals surface area (Å²) in [6.45, 7) is 9.77. The molecule has 3 rings (SSSR count). The number of likely N-dealkylation sites (N-methyl/N-ethyl adjacent to an activating group) is 1. The van der Waals surface area contributed by atoms with Crippen LogP contribution in [-0.2, 0) is 0 Å². The van der Waals surface area contributed by atoms with E-state index in [4.69, 9.17) is 4.98 Å². The molecule has 1 aromatic heterocycles. The van der Waals surface area contributed by atoms with Crippen molar-refractivity contribution in [2.75, 3.05) is 37.3 Å². The number of carbonyl (C=O) groups excluding carboxylic acids is 1. The Balaban J connectivity index is 2.00. The summed E-state index contributed by atoms with van der Waals surface area (Å²) in [5.74, 6) is 0.0221. The molecule has 4 nitrogen and oxygen atoms in total. The van der Waals surface area contributed by atoms with Crippen molar-refractivity contribution in [2.24, 2.45) is 0 Å². The second-order valence-corrected chi connectivity index (χ2v) is 8.46. The number of hydrogen-bond donors (Lipinski definition) is 0. The maximum absolute atomic E-state index is 13.5. The molecule has 0 radical (unpaired) electrons. The predicted molar refractivity (Wildman–Crippen MR) is 122 cm³/mol. The van der Waals surface area contributed by atoms with Crippen molar-refractivity contribution in [1.82, 2.24) is 9.88 Å². The van der Waals surface area contributed by atoms with Crippen LogP contribution in [-0.4, -0.2) is 48.2 Å². The lowest BCUT2D eigenvalue weighted by atomic mass is 10.2. The van der Waals surface area contributed by atoms with Crippen molar-refractivity contribution in [3.63, 3.8) is 0 Å². The number of nitrogens with zero attached hydrogens (tertiary/aromatic N) is 3. The summed E-state index contributed by atoms with van der Waals surface area (Å²) < 4.78 is 1.12. The molecule has 0 fully saturated rings. The standard InChI is InChI=1S/C22H27N3OS2/c1-5-24(6-2)14-15-25(21(26)17-11-7-8-12-18(17)27-4)22-23-20-16(3)10-9-13-19(20)28-22/h7-13H,5-6,14-15H2,1-4H3. The summed E-state index contributed by atoms with van der Waals surface area (Å²) in [4.78, 5) is 23.6. The predicted octanol–water partition coefficient (Wildman–Crippen LogP) is 5.32. The van der Waals surface area contributed by atoms with E-state index in [1.165, 1.54) is 0 Å². The van der Waals surface area contributed by atoms with Gasteiger partial charge >= 0.3 is 0 Å². The summed E-state index contributed by atoms with van der Waals surface area (Å²) in [6.07, 6.45) is 2.01. The van der Waals surface area contributed by atoms with Gasteiger partial charge in [0.2, 0.25) is 0 Å². The molecule has 0 aliphatic carbocycles. The lowest BCUT2D eigenvalue weighted by molar-refractivity contribution is 0.0981. The minimum Gasteiger partial charge on any atom is -0.302 e. The van der Waals surface area contributed by atoms with Gasteiger partial charge in [0.1, 0.15) is 0 Å². The minimum absolute atomic E-state index is 0.0221. The highest BCUT2D eigenvalue weighted by Gasteiger charge is 2.24. The highest BCUT2D eigenvalue weighted by Crippen LogP contribution is 2.32. The Morgan fingerprint density at radius 3 is 2.50 bits per heavy atom. The zero-order chi connectivity index (χ0) is 20.1. The van der Waals surface area contributed by atoms with Crippen molar-refractivity contribution in [3.8, 4) is 0 Å². The van der Waals surface area contributed by atoms with E-state index in [-0.39, 0.29) is 5.91 Å². The molecule has 1 heterocycles.